The van der Waals surface area contributed by atoms with Gasteiger partial charge in [-0.05, 0) is 48.8 Å². The number of hydrogen-bond donors (Lipinski definition) is 1. The molecule has 1 atom stereocenters. The molecule has 1 saturated heterocycles. The molecule has 1 fully saturated rings. The van der Waals surface area contributed by atoms with Crippen molar-refractivity contribution in [3.63, 3.8) is 0 Å². The van der Waals surface area contributed by atoms with E-state index in [-0.39, 0.29) is 0 Å². The van der Waals surface area contributed by atoms with Crippen molar-refractivity contribution in [3.05, 3.63) is 108 Å². The molecule has 2 heteroatoms. The molecule has 0 amide bonds. The van der Waals surface area contributed by atoms with Crippen molar-refractivity contribution in [3.8, 4) is 0 Å². The van der Waals surface area contributed by atoms with Crippen LogP contribution in [0, 0.1) is 0 Å². The lowest BCUT2D eigenvalue weighted by Gasteiger charge is -2.42. The van der Waals surface area contributed by atoms with Crippen molar-refractivity contribution in [2.75, 3.05) is 13.1 Å². The van der Waals surface area contributed by atoms with Gasteiger partial charge < -0.3 is 5.11 Å². The van der Waals surface area contributed by atoms with Gasteiger partial charge in [-0.15, -0.1) is 0 Å². The van der Waals surface area contributed by atoms with E-state index in [1.165, 1.54) is 30.4 Å². The maximum absolute atomic E-state index is 11.9. The zero-order valence-electron chi connectivity index (χ0n) is 17.8. The molecular formula is C28H33NO. The fraction of sp³-hybridized carbons (Fsp3) is 0.357. The van der Waals surface area contributed by atoms with Gasteiger partial charge in [0.25, 0.3) is 0 Å². The first kappa shape index (κ1) is 20.8. The third-order valence-corrected chi connectivity index (χ3v) is 6.54. The van der Waals surface area contributed by atoms with Gasteiger partial charge in [0.05, 0.1) is 0 Å². The van der Waals surface area contributed by atoms with Crippen molar-refractivity contribution >= 4 is 0 Å². The molecule has 4 rings (SSSR count). The second-order valence-corrected chi connectivity index (χ2v) is 8.50. The van der Waals surface area contributed by atoms with E-state index in [1.807, 2.05) is 18.2 Å². The number of benzene rings is 3. The topological polar surface area (TPSA) is 23.5 Å². The van der Waals surface area contributed by atoms with Crippen LogP contribution in [0.3, 0.4) is 0 Å². The fourth-order valence-corrected chi connectivity index (χ4v) is 4.90. The van der Waals surface area contributed by atoms with Gasteiger partial charge in [-0.3, -0.25) is 4.90 Å². The third kappa shape index (κ3) is 4.83. The van der Waals surface area contributed by atoms with Crippen molar-refractivity contribution in [1.82, 2.24) is 4.90 Å². The predicted octanol–water partition coefficient (Wildman–Crippen LogP) is 6.32. The number of likely N-dealkylation sites (tertiary alicyclic amines) is 1. The minimum atomic E-state index is -0.875. The molecule has 1 unspecified atom stereocenters. The summed E-state index contributed by atoms with van der Waals surface area (Å²) in [5, 5.41) is 11.9. The molecule has 0 aromatic heterocycles. The van der Waals surface area contributed by atoms with E-state index in [9.17, 15) is 5.11 Å². The fourth-order valence-electron chi connectivity index (χ4n) is 4.90. The summed E-state index contributed by atoms with van der Waals surface area (Å²) < 4.78 is 0. The highest BCUT2D eigenvalue weighted by Gasteiger charge is 2.36. The molecule has 3 aromatic rings. The molecule has 2 nitrogen and oxygen atoms in total. The monoisotopic (exact) mass is 399 g/mol. The number of piperidine rings is 1. The quantitative estimate of drug-likeness (QED) is 0.479. The Morgan fingerprint density at radius 1 is 0.700 bits per heavy atom. The highest BCUT2D eigenvalue weighted by molar-refractivity contribution is 5.32. The largest absolute Gasteiger partial charge is 0.371 e. The van der Waals surface area contributed by atoms with E-state index in [2.05, 4.69) is 77.7 Å². The van der Waals surface area contributed by atoms with E-state index in [4.69, 9.17) is 0 Å². The summed E-state index contributed by atoms with van der Waals surface area (Å²) in [6.07, 6.45) is 6.36. The Hall–Kier alpha value is -2.42. The Bertz CT molecular complexity index is 835. The van der Waals surface area contributed by atoms with E-state index in [0.29, 0.717) is 5.92 Å². The van der Waals surface area contributed by atoms with Gasteiger partial charge in [-0.1, -0.05) is 97.4 Å². The van der Waals surface area contributed by atoms with Crippen molar-refractivity contribution in [1.29, 1.82) is 0 Å². The summed E-state index contributed by atoms with van der Waals surface area (Å²) in [6.45, 7) is 1.96. The highest BCUT2D eigenvalue weighted by atomic mass is 16.3. The average Bonchev–Trinajstić information content (AvgIpc) is 2.84. The zero-order valence-corrected chi connectivity index (χ0v) is 17.8. The van der Waals surface area contributed by atoms with Crippen LogP contribution in [-0.2, 0) is 5.72 Å². The van der Waals surface area contributed by atoms with Gasteiger partial charge in [-0.25, -0.2) is 0 Å². The lowest BCUT2D eigenvalue weighted by atomic mass is 9.85. The van der Waals surface area contributed by atoms with Gasteiger partial charge in [-0.2, -0.15) is 0 Å². The predicted molar refractivity (Wildman–Crippen MR) is 124 cm³/mol. The van der Waals surface area contributed by atoms with Crippen LogP contribution in [0.15, 0.2) is 91.0 Å². The van der Waals surface area contributed by atoms with E-state index < -0.39 is 5.72 Å². The molecule has 1 heterocycles. The summed E-state index contributed by atoms with van der Waals surface area (Å²) >= 11 is 0. The zero-order chi connectivity index (χ0) is 20.7. The lowest BCUT2D eigenvalue weighted by Crippen LogP contribution is -2.48. The second kappa shape index (κ2) is 10.1. The first-order chi connectivity index (χ1) is 14.8. The molecule has 3 aromatic carbocycles. The van der Waals surface area contributed by atoms with Crippen LogP contribution >= 0.6 is 0 Å². The summed E-state index contributed by atoms with van der Waals surface area (Å²) in [4.78, 5) is 2.31. The van der Waals surface area contributed by atoms with Gasteiger partial charge >= 0.3 is 0 Å². The summed E-state index contributed by atoms with van der Waals surface area (Å²) in [6, 6.07) is 31.8. The third-order valence-electron chi connectivity index (χ3n) is 6.54. The van der Waals surface area contributed by atoms with Crippen molar-refractivity contribution in [2.45, 2.75) is 50.2 Å². The van der Waals surface area contributed by atoms with E-state index in [0.717, 1.165) is 37.9 Å². The Labute approximate surface area is 181 Å². The molecule has 0 saturated carbocycles. The highest BCUT2D eigenvalue weighted by Crippen LogP contribution is 2.36. The van der Waals surface area contributed by atoms with Crippen LogP contribution in [-0.4, -0.2) is 23.1 Å². The Balaban J connectivity index is 1.53. The normalized spacial score (nSPS) is 17.0. The molecule has 1 N–H and O–H groups in total. The molecule has 0 bridgehead atoms. The molecule has 0 radical (unpaired) electrons. The molecule has 30 heavy (non-hydrogen) atoms. The molecule has 156 valence electrons. The first-order valence-corrected chi connectivity index (χ1v) is 11.4. The maximum Gasteiger partial charge on any atom is 0.144 e. The van der Waals surface area contributed by atoms with Crippen LogP contribution in [0.25, 0.3) is 0 Å². The average molecular weight is 400 g/mol. The van der Waals surface area contributed by atoms with Gasteiger partial charge in [0.1, 0.15) is 5.72 Å². The maximum atomic E-state index is 11.9. The molecule has 0 aliphatic carbocycles. The standard InChI is InChI=1S/C28H33NO/c30-28(26-18-9-3-10-19-26,29-22-11-4-12-23-29)21-13-20-27(24-14-5-1-6-15-24)25-16-7-2-8-17-25/h1-3,5-10,14-19,27,30H,4,11-13,20-23H2. The van der Waals surface area contributed by atoms with Crippen LogP contribution in [0.1, 0.15) is 61.1 Å². The summed E-state index contributed by atoms with van der Waals surface area (Å²) in [5.41, 5.74) is 2.86. The Morgan fingerprint density at radius 2 is 1.20 bits per heavy atom. The van der Waals surface area contributed by atoms with Gasteiger partial charge in [0.15, 0.2) is 0 Å². The molecule has 1 aliphatic heterocycles. The molecule has 0 spiro atoms. The van der Waals surface area contributed by atoms with Crippen LogP contribution in [0.4, 0.5) is 0 Å². The number of hydrogen-bond acceptors (Lipinski definition) is 2. The number of nitrogens with zero attached hydrogens (tertiary/aromatic N) is 1. The van der Waals surface area contributed by atoms with Gasteiger partial charge in [0.2, 0.25) is 0 Å². The summed E-state index contributed by atoms with van der Waals surface area (Å²) in [7, 11) is 0. The first-order valence-electron chi connectivity index (χ1n) is 11.4. The lowest BCUT2D eigenvalue weighted by molar-refractivity contribution is -0.131. The second-order valence-electron chi connectivity index (χ2n) is 8.50. The SMILES string of the molecule is OC(CCCC(c1ccccc1)c1ccccc1)(c1ccccc1)N1CCCCC1. The van der Waals surface area contributed by atoms with Crippen molar-refractivity contribution in [2.24, 2.45) is 0 Å². The van der Waals surface area contributed by atoms with Crippen molar-refractivity contribution < 1.29 is 5.11 Å². The molecular weight excluding hydrogens is 366 g/mol. The van der Waals surface area contributed by atoms with Crippen LogP contribution < -0.4 is 0 Å². The Kier molecular flexibility index (Phi) is 6.99. The minimum Gasteiger partial charge on any atom is -0.371 e. The minimum absolute atomic E-state index is 0.355. The smallest absolute Gasteiger partial charge is 0.144 e. The molecule has 1 aliphatic rings. The van der Waals surface area contributed by atoms with Crippen LogP contribution in [0.5, 0.6) is 0 Å². The number of rotatable bonds is 8. The van der Waals surface area contributed by atoms with Crippen LogP contribution in [0.2, 0.25) is 0 Å². The van der Waals surface area contributed by atoms with Gasteiger partial charge in [0, 0.05) is 19.0 Å². The van der Waals surface area contributed by atoms with E-state index in [1.54, 1.807) is 0 Å². The van der Waals surface area contributed by atoms with E-state index >= 15 is 0 Å². The number of aliphatic hydroxyl groups is 1. The Morgan fingerprint density at radius 3 is 1.73 bits per heavy atom. The summed E-state index contributed by atoms with van der Waals surface area (Å²) in [5.74, 6) is 0.355.